The zero-order valence-electron chi connectivity index (χ0n) is 9.29. The lowest BCUT2D eigenvalue weighted by Crippen LogP contribution is -2.22. The summed E-state index contributed by atoms with van der Waals surface area (Å²) in [4.78, 5) is 9.11. The van der Waals surface area contributed by atoms with Crippen molar-refractivity contribution in [2.45, 2.75) is 43.8 Å². The van der Waals surface area contributed by atoms with Crippen molar-refractivity contribution in [1.29, 1.82) is 0 Å². The maximum atomic E-state index is 6.13. The van der Waals surface area contributed by atoms with Crippen LogP contribution in [0.15, 0.2) is 5.16 Å². The molecule has 82 valence electrons. The number of nitrogens with two attached hydrogens (primary N) is 1. The molecule has 3 nitrogen and oxygen atoms in total. The summed E-state index contributed by atoms with van der Waals surface area (Å²) in [6, 6.07) is 0.152. The van der Waals surface area contributed by atoms with Crippen LogP contribution < -0.4 is 5.73 Å². The molecule has 0 fully saturated rings. The molecule has 1 unspecified atom stereocenters. The van der Waals surface area contributed by atoms with Gasteiger partial charge < -0.3 is 5.73 Å². The molecule has 1 aliphatic carbocycles. The van der Waals surface area contributed by atoms with Crippen molar-refractivity contribution in [3.8, 4) is 0 Å². The molecule has 0 aliphatic heterocycles. The molecule has 15 heavy (non-hydrogen) atoms. The van der Waals surface area contributed by atoms with E-state index in [1.807, 2.05) is 6.26 Å². The molecule has 0 spiro atoms. The van der Waals surface area contributed by atoms with Gasteiger partial charge in [0.05, 0.1) is 5.69 Å². The van der Waals surface area contributed by atoms with Crippen LogP contribution >= 0.6 is 11.8 Å². The third-order valence-electron chi connectivity index (χ3n) is 2.90. The summed E-state index contributed by atoms with van der Waals surface area (Å²) in [7, 11) is 0. The topological polar surface area (TPSA) is 51.8 Å². The molecule has 0 saturated heterocycles. The number of hydrogen-bond donors (Lipinski definition) is 1. The second kappa shape index (κ2) is 4.49. The van der Waals surface area contributed by atoms with E-state index in [4.69, 9.17) is 5.73 Å². The van der Waals surface area contributed by atoms with Gasteiger partial charge in [-0.3, -0.25) is 0 Å². The molecule has 1 aliphatic rings. The van der Waals surface area contributed by atoms with E-state index in [-0.39, 0.29) is 6.04 Å². The van der Waals surface area contributed by atoms with Gasteiger partial charge in [0.15, 0.2) is 5.16 Å². The Balaban J connectivity index is 2.52. The molecule has 4 heteroatoms. The Labute approximate surface area is 94.9 Å². The number of aromatic nitrogens is 2. The number of fused-ring (bicyclic) bond motifs is 1. The molecule has 2 N–H and O–H groups in total. The molecule has 1 atom stereocenters. The Kier molecular flexibility index (Phi) is 3.26. The summed E-state index contributed by atoms with van der Waals surface area (Å²) in [6.45, 7) is 2.13. The van der Waals surface area contributed by atoms with Gasteiger partial charge in [-0.05, 0) is 31.9 Å². The van der Waals surface area contributed by atoms with E-state index in [2.05, 4.69) is 16.9 Å². The lowest BCUT2D eigenvalue weighted by atomic mass is 9.90. The molecule has 2 rings (SSSR count). The average Bonchev–Trinajstić information content (AvgIpc) is 2.27. The molecule has 1 heterocycles. The smallest absolute Gasteiger partial charge is 0.187 e. The lowest BCUT2D eigenvalue weighted by molar-refractivity contribution is 0.541. The first-order chi connectivity index (χ1) is 7.26. The van der Waals surface area contributed by atoms with Crippen LogP contribution in [0, 0.1) is 0 Å². The Bertz CT molecular complexity index is 348. The highest BCUT2D eigenvalue weighted by atomic mass is 32.2. The van der Waals surface area contributed by atoms with Crippen LogP contribution in [0.1, 0.15) is 42.8 Å². The van der Waals surface area contributed by atoms with E-state index in [1.54, 1.807) is 11.8 Å². The van der Waals surface area contributed by atoms with Crippen molar-refractivity contribution >= 4 is 11.8 Å². The van der Waals surface area contributed by atoms with E-state index in [0.29, 0.717) is 0 Å². The fourth-order valence-corrected chi connectivity index (χ4v) is 2.56. The summed E-state index contributed by atoms with van der Waals surface area (Å²) < 4.78 is 0. The summed E-state index contributed by atoms with van der Waals surface area (Å²) in [5, 5.41) is 0.889. The SMILES string of the molecule is CCc1nc(SC)nc2c1C(N)CCC2. The van der Waals surface area contributed by atoms with Gasteiger partial charge in [0.1, 0.15) is 0 Å². The van der Waals surface area contributed by atoms with Crippen molar-refractivity contribution in [2.24, 2.45) is 5.73 Å². The second-order valence-electron chi connectivity index (χ2n) is 3.87. The van der Waals surface area contributed by atoms with Crippen molar-refractivity contribution in [2.75, 3.05) is 6.26 Å². The maximum Gasteiger partial charge on any atom is 0.187 e. The summed E-state index contributed by atoms with van der Waals surface area (Å²) >= 11 is 1.61. The Morgan fingerprint density at radius 3 is 2.93 bits per heavy atom. The summed E-state index contributed by atoms with van der Waals surface area (Å²) in [5.74, 6) is 0. The zero-order valence-corrected chi connectivity index (χ0v) is 10.1. The molecule has 0 radical (unpaired) electrons. The van der Waals surface area contributed by atoms with Gasteiger partial charge in [0, 0.05) is 17.3 Å². The maximum absolute atomic E-state index is 6.13. The van der Waals surface area contributed by atoms with Crippen molar-refractivity contribution in [1.82, 2.24) is 9.97 Å². The van der Waals surface area contributed by atoms with Crippen molar-refractivity contribution < 1.29 is 0 Å². The monoisotopic (exact) mass is 223 g/mol. The second-order valence-corrected chi connectivity index (χ2v) is 4.64. The minimum absolute atomic E-state index is 0.152. The van der Waals surface area contributed by atoms with E-state index in [9.17, 15) is 0 Å². The Morgan fingerprint density at radius 1 is 1.47 bits per heavy atom. The predicted molar refractivity (Wildman–Crippen MR) is 63.1 cm³/mol. The van der Waals surface area contributed by atoms with Gasteiger partial charge >= 0.3 is 0 Å². The van der Waals surface area contributed by atoms with Gasteiger partial charge in [-0.1, -0.05) is 18.7 Å². The quantitative estimate of drug-likeness (QED) is 0.616. The number of nitrogens with zero attached hydrogens (tertiary/aromatic N) is 2. The molecular weight excluding hydrogens is 206 g/mol. The highest BCUT2D eigenvalue weighted by Crippen LogP contribution is 2.30. The molecule has 1 aromatic heterocycles. The van der Waals surface area contributed by atoms with Crippen molar-refractivity contribution in [3.05, 3.63) is 17.0 Å². The number of rotatable bonds is 2. The molecule has 0 aromatic carbocycles. The Hall–Kier alpha value is -0.610. The number of thioether (sulfide) groups is 1. The zero-order chi connectivity index (χ0) is 10.8. The van der Waals surface area contributed by atoms with E-state index >= 15 is 0 Å². The normalized spacial score (nSPS) is 20.1. The van der Waals surface area contributed by atoms with Crippen LogP contribution in [-0.4, -0.2) is 16.2 Å². The summed E-state index contributed by atoms with van der Waals surface area (Å²) in [5.41, 5.74) is 9.69. The number of hydrogen-bond acceptors (Lipinski definition) is 4. The largest absolute Gasteiger partial charge is 0.324 e. The molecule has 1 aromatic rings. The van der Waals surface area contributed by atoms with Gasteiger partial charge in [0.25, 0.3) is 0 Å². The molecule has 0 amide bonds. The Morgan fingerprint density at radius 2 is 2.27 bits per heavy atom. The van der Waals surface area contributed by atoms with Gasteiger partial charge in [0.2, 0.25) is 0 Å². The highest BCUT2D eigenvalue weighted by Gasteiger charge is 2.22. The fourth-order valence-electron chi connectivity index (χ4n) is 2.16. The third-order valence-corrected chi connectivity index (χ3v) is 3.45. The predicted octanol–water partition coefficient (Wildman–Crippen LogP) is 2.10. The molecule has 0 bridgehead atoms. The molecule has 0 saturated carbocycles. The van der Waals surface area contributed by atoms with Crippen molar-refractivity contribution in [3.63, 3.8) is 0 Å². The van der Waals surface area contributed by atoms with Crippen LogP contribution in [0.5, 0.6) is 0 Å². The standard InChI is InChI=1S/C11H17N3S/c1-3-8-10-7(12)5-4-6-9(10)14-11(13-8)15-2/h7H,3-6,12H2,1-2H3. The van der Waals surface area contributed by atoms with E-state index in [0.717, 1.165) is 36.5 Å². The third kappa shape index (κ3) is 2.01. The highest BCUT2D eigenvalue weighted by molar-refractivity contribution is 7.98. The van der Waals surface area contributed by atoms with Crippen LogP contribution in [0.25, 0.3) is 0 Å². The van der Waals surface area contributed by atoms with Gasteiger partial charge in [-0.15, -0.1) is 0 Å². The van der Waals surface area contributed by atoms with Crippen LogP contribution in [0.2, 0.25) is 0 Å². The van der Waals surface area contributed by atoms with Crippen LogP contribution in [0.4, 0.5) is 0 Å². The van der Waals surface area contributed by atoms with Gasteiger partial charge in [-0.25, -0.2) is 9.97 Å². The summed E-state index contributed by atoms with van der Waals surface area (Å²) in [6.07, 6.45) is 6.26. The average molecular weight is 223 g/mol. The van der Waals surface area contributed by atoms with Crippen LogP contribution in [-0.2, 0) is 12.8 Å². The number of aryl methyl sites for hydroxylation is 2. The first kappa shape index (κ1) is 10.9. The minimum atomic E-state index is 0.152. The lowest BCUT2D eigenvalue weighted by Gasteiger charge is -2.23. The van der Waals surface area contributed by atoms with Gasteiger partial charge in [-0.2, -0.15) is 0 Å². The first-order valence-corrected chi connectivity index (χ1v) is 6.68. The fraction of sp³-hybridized carbons (Fsp3) is 0.636. The first-order valence-electron chi connectivity index (χ1n) is 5.45. The van der Waals surface area contributed by atoms with Crippen LogP contribution in [0.3, 0.4) is 0 Å². The molecular formula is C11H17N3S. The minimum Gasteiger partial charge on any atom is -0.324 e. The van der Waals surface area contributed by atoms with E-state index in [1.165, 1.54) is 11.3 Å². The van der Waals surface area contributed by atoms with E-state index < -0.39 is 0 Å².